The Morgan fingerprint density at radius 1 is 1.00 bits per heavy atom. The van der Waals surface area contributed by atoms with Crippen LogP contribution in [0.1, 0.15) is 27.0 Å². The number of para-hydroxylation sites is 1. The number of hydrogen-bond acceptors (Lipinski definition) is 3. The Morgan fingerprint density at radius 2 is 1.71 bits per heavy atom. The van der Waals surface area contributed by atoms with Crippen LogP contribution in [0.15, 0.2) is 60.7 Å². The lowest BCUT2D eigenvalue weighted by atomic mass is 10.1. The summed E-state index contributed by atoms with van der Waals surface area (Å²) in [6, 6.07) is 18.4. The topological polar surface area (TPSA) is 47.6 Å². The number of aryl methyl sites for hydroxylation is 2. The maximum absolute atomic E-state index is 12.8. The van der Waals surface area contributed by atoms with Crippen molar-refractivity contribution in [3.8, 4) is 11.5 Å². The van der Waals surface area contributed by atoms with Gasteiger partial charge >= 0.3 is 0 Å². The Balaban J connectivity index is 1.80. The smallest absolute Gasteiger partial charge is 0.255 e. The highest BCUT2D eigenvalue weighted by molar-refractivity contribution is 6.30. The summed E-state index contributed by atoms with van der Waals surface area (Å²) >= 11 is 6.00. The van der Waals surface area contributed by atoms with Crippen LogP contribution in [0.25, 0.3) is 0 Å². The largest absolute Gasteiger partial charge is 0.496 e. The highest BCUT2D eigenvalue weighted by Gasteiger charge is 2.13. The summed E-state index contributed by atoms with van der Waals surface area (Å²) in [5.41, 5.74) is 4.18. The van der Waals surface area contributed by atoms with Gasteiger partial charge in [-0.1, -0.05) is 35.9 Å². The molecule has 1 amide bonds. The predicted molar refractivity (Wildman–Crippen MR) is 113 cm³/mol. The van der Waals surface area contributed by atoms with Crippen molar-refractivity contribution in [2.75, 3.05) is 12.4 Å². The van der Waals surface area contributed by atoms with E-state index >= 15 is 0 Å². The number of benzene rings is 3. The summed E-state index contributed by atoms with van der Waals surface area (Å²) in [5.74, 6) is 1.13. The van der Waals surface area contributed by atoms with E-state index in [1.54, 1.807) is 37.4 Å². The lowest BCUT2D eigenvalue weighted by Gasteiger charge is -2.14. The van der Waals surface area contributed by atoms with Gasteiger partial charge < -0.3 is 14.8 Å². The quantitative estimate of drug-likeness (QED) is 0.574. The Morgan fingerprint density at radius 3 is 2.39 bits per heavy atom. The number of hydrogen-bond donors (Lipinski definition) is 1. The van der Waals surface area contributed by atoms with Gasteiger partial charge in [-0.05, 0) is 61.4 Å². The molecule has 144 valence electrons. The molecule has 0 aliphatic rings. The zero-order chi connectivity index (χ0) is 20.1. The van der Waals surface area contributed by atoms with E-state index < -0.39 is 0 Å². The number of rotatable bonds is 6. The molecule has 0 aliphatic carbocycles. The SMILES string of the molecule is COc1ccc(C(=O)Nc2c(C)cccc2C)cc1COc1cccc(Cl)c1. The molecule has 0 aromatic heterocycles. The monoisotopic (exact) mass is 395 g/mol. The fourth-order valence-corrected chi connectivity index (χ4v) is 3.13. The van der Waals surface area contributed by atoms with E-state index in [2.05, 4.69) is 5.32 Å². The molecule has 3 rings (SSSR count). The molecule has 0 spiro atoms. The van der Waals surface area contributed by atoms with Crippen molar-refractivity contribution in [3.05, 3.63) is 87.9 Å². The van der Waals surface area contributed by atoms with Crippen molar-refractivity contribution in [2.24, 2.45) is 0 Å². The van der Waals surface area contributed by atoms with Gasteiger partial charge in [0.1, 0.15) is 18.1 Å². The number of carbonyl (C=O) groups excluding carboxylic acids is 1. The number of halogens is 1. The number of methoxy groups -OCH3 is 1. The van der Waals surface area contributed by atoms with Crippen LogP contribution in [-0.4, -0.2) is 13.0 Å². The molecule has 0 heterocycles. The van der Waals surface area contributed by atoms with Crippen LogP contribution in [0.3, 0.4) is 0 Å². The lowest BCUT2D eigenvalue weighted by molar-refractivity contribution is 0.102. The minimum Gasteiger partial charge on any atom is -0.496 e. The molecule has 0 bridgehead atoms. The van der Waals surface area contributed by atoms with Crippen molar-refractivity contribution in [2.45, 2.75) is 20.5 Å². The third-order valence-electron chi connectivity index (χ3n) is 4.45. The van der Waals surface area contributed by atoms with E-state index in [1.807, 2.05) is 44.2 Å². The fourth-order valence-electron chi connectivity index (χ4n) is 2.95. The molecule has 5 heteroatoms. The highest BCUT2D eigenvalue weighted by Crippen LogP contribution is 2.25. The number of ether oxygens (including phenoxy) is 2. The van der Waals surface area contributed by atoms with Crippen molar-refractivity contribution >= 4 is 23.2 Å². The standard InChI is InChI=1S/C23H22ClNO3/c1-15-6-4-7-16(2)22(15)25-23(26)17-10-11-21(27-3)18(12-17)14-28-20-9-5-8-19(24)13-20/h4-13H,14H2,1-3H3,(H,25,26). The Labute approximate surface area is 170 Å². The van der Waals surface area contributed by atoms with Crippen LogP contribution in [0.2, 0.25) is 5.02 Å². The van der Waals surface area contributed by atoms with Gasteiger partial charge in [0, 0.05) is 21.8 Å². The van der Waals surface area contributed by atoms with Gasteiger partial charge in [0.25, 0.3) is 5.91 Å². The molecule has 0 saturated carbocycles. The maximum atomic E-state index is 12.8. The molecule has 0 saturated heterocycles. The Bertz CT molecular complexity index is 981. The van der Waals surface area contributed by atoms with Crippen LogP contribution in [0.5, 0.6) is 11.5 Å². The fraction of sp³-hybridized carbons (Fsp3) is 0.174. The molecule has 28 heavy (non-hydrogen) atoms. The zero-order valence-corrected chi connectivity index (χ0v) is 16.8. The third kappa shape index (κ3) is 4.65. The van der Waals surface area contributed by atoms with Gasteiger partial charge in [-0.2, -0.15) is 0 Å². The molecule has 3 aromatic carbocycles. The summed E-state index contributed by atoms with van der Waals surface area (Å²) in [6.07, 6.45) is 0. The molecule has 1 N–H and O–H groups in total. The first-order valence-electron chi connectivity index (χ1n) is 8.91. The summed E-state index contributed by atoms with van der Waals surface area (Å²) in [5, 5.41) is 3.61. The molecule has 0 radical (unpaired) electrons. The average molecular weight is 396 g/mol. The van der Waals surface area contributed by atoms with Crippen LogP contribution < -0.4 is 14.8 Å². The normalized spacial score (nSPS) is 10.4. The van der Waals surface area contributed by atoms with E-state index in [-0.39, 0.29) is 12.5 Å². The van der Waals surface area contributed by atoms with Gasteiger partial charge in [-0.15, -0.1) is 0 Å². The average Bonchev–Trinajstić information content (AvgIpc) is 2.69. The molecule has 0 fully saturated rings. The van der Waals surface area contributed by atoms with Crippen molar-refractivity contribution < 1.29 is 14.3 Å². The number of amides is 1. The van der Waals surface area contributed by atoms with E-state index in [9.17, 15) is 4.79 Å². The minimum atomic E-state index is -0.177. The number of nitrogens with one attached hydrogen (secondary N) is 1. The van der Waals surface area contributed by atoms with Gasteiger partial charge in [-0.3, -0.25) is 4.79 Å². The number of carbonyl (C=O) groups is 1. The van der Waals surface area contributed by atoms with Crippen molar-refractivity contribution in [1.82, 2.24) is 0 Å². The molecule has 4 nitrogen and oxygen atoms in total. The van der Waals surface area contributed by atoms with Crippen molar-refractivity contribution in [1.29, 1.82) is 0 Å². The first-order valence-corrected chi connectivity index (χ1v) is 9.28. The summed E-state index contributed by atoms with van der Waals surface area (Å²) < 4.78 is 11.2. The second-order valence-corrected chi connectivity index (χ2v) is 6.93. The molecule has 0 atom stereocenters. The first-order chi connectivity index (χ1) is 13.5. The maximum Gasteiger partial charge on any atom is 0.255 e. The van der Waals surface area contributed by atoms with Gasteiger partial charge in [-0.25, -0.2) is 0 Å². The van der Waals surface area contributed by atoms with Crippen molar-refractivity contribution in [3.63, 3.8) is 0 Å². The molecular weight excluding hydrogens is 374 g/mol. The van der Waals surface area contributed by atoms with E-state index in [1.165, 1.54) is 0 Å². The van der Waals surface area contributed by atoms with E-state index in [0.29, 0.717) is 22.1 Å². The summed E-state index contributed by atoms with van der Waals surface area (Å²) in [4.78, 5) is 12.8. The zero-order valence-electron chi connectivity index (χ0n) is 16.1. The summed E-state index contributed by atoms with van der Waals surface area (Å²) in [7, 11) is 1.59. The summed E-state index contributed by atoms with van der Waals surface area (Å²) in [6.45, 7) is 4.20. The molecule has 0 unspecified atom stereocenters. The van der Waals surface area contributed by atoms with E-state index in [0.717, 1.165) is 22.4 Å². The van der Waals surface area contributed by atoms with E-state index in [4.69, 9.17) is 21.1 Å². The Kier molecular flexibility index (Phi) is 6.22. The second-order valence-electron chi connectivity index (χ2n) is 6.49. The van der Waals surface area contributed by atoms with Gasteiger partial charge in [0.05, 0.1) is 7.11 Å². The first kappa shape index (κ1) is 19.8. The van der Waals surface area contributed by atoms with Gasteiger partial charge in [0.2, 0.25) is 0 Å². The molecule has 0 aliphatic heterocycles. The van der Waals surface area contributed by atoms with Crippen LogP contribution in [0, 0.1) is 13.8 Å². The lowest BCUT2D eigenvalue weighted by Crippen LogP contribution is -2.14. The van der Waals surface area contributed by atoms with Crippen LogP contribution >= 0.6 is 11.6 Å². The predicted octanol–water partition coefficient (Wildman–Crippen LogP) is 5.80. The number of anilines is 1. The van der Waals surface area contributed by atoms with Crippen LogP contribution in [0.4, 0.5) is 5.69 Å². The molecule has 3 aromatic rings. The second kappa shape index (κ2) is 8.81. The third-order valence-corrected chi connectivity index (χ3v) is 4.69. The minimum absolute atomic E-state index is 0.177. The Hall–Kier alpha value is -2.98. The van der Waals surface area contributed by atoms with Crippen LogP contribution in [-0.2, 0) is 6.61 Å². The highest BCUT2D eigenvalue weighted by atomic mass is 35.5. The van der Waals surface area contributed by atoms with Gasteiger partial charge in [0.15, 0.2) is 0 Å². The molecular formula is C23H22ClNO3.